The zero-order valence-corrected chi connectivity index (χ0v) is 12.9. The summed E-state index contributed by atoms with van der Waals surface area (Å²) in [5.41, 5.74) is 2.27. The van der Waals surface area contributed by atoms with Crippen LogP contribution in [0.5, 0.6) is 5.75 Å². The van der Waals surface area contributed by atoms with E-state index < -0.39 is 0 Å². The summed E-state index contributed by atoms with van der Waals surface area (Å²) in [4.78, 5) is 8.82. The third-order valence-corrected chi connectivity index (χ3v) is 3.75. The van der Waals surface area contributed by atoms with E-state index in [0.717, 1.165) is 35.8 Å². The van der Waals surface area contributed by atoms with E-state index in [1.54, 1.807) is 13.2 Å². The molecule has 1 heterocycles. The van der Waals surface area contributed by atoms with Crippen molar-refractivity contribution in [3.63, 3.8) is 0 Å². The van der Waals surface area contributed by atoms with Crippen molar-refractivity contribution in [2.75, 3.05) is 12.4 Å². The van der Waals surface area contributed by atoms with Crippen LogP contribution >= 0.6 is 11.6 Å². The van der Waals surface area contributed by atoms with E-state index in [4.69, 9.17) is 16.3 Å². The summed E-state index contributed by atoms with van der Waals surface area (Å²) in [5.74, 6) is 2.98. The third kappa shape index (κ3) is 3.45. The first-order valence-electron chi connectivity index (χ1n) is 7.07. The van der Waals surface area contributed by atoms with Crippen molar-refractivity contribution in [3.05, 3.63) is 46.4 Å². The first-order valence-corrected chi connectivity index (χ1v) is 7.45. The summed E-state index contributed by atoms with van der Waals surface area (Å²) >= 11 is 6.07. The summed E-state index contributed by atoms with van der Waals surface area (Å²) in [5, 5.41) is 3.79. The molecule has 5 heteroatoms. The fourth-order valence-electron chi connectivity index (χ4n) is 2.23. The van der Waals surface area contributed by atoms with Gasteiger partial charge in [-0.15, -0.1) is 0 Å². The Morgan fingerprint density at radius 1 is 1.29 bits per heavy atom. The van der Waals surface area contributed by atoms with Crippen molar-refractivity contribution >= 4 is 17.4 Å². The van der Waals surface area contributed by atoms with Gasteiger partial charge in [-0.3, -0.25) is 0 Å². The molecule has 1 aromatic carbocycles. The maximum absolute atomic E-state index is 6.07. The number of nitrogens with one attached hydrogen (secondary N) is 1. The molecule has 0 atom stereocenters. The molecule has 4 nitrogen and oxygen atoms in total. The zero-order chi connectivity index (χ0) is 14.8. The van der Waals surface area contributed by atoms with Crippen LogP contribution in [-0.2, 0) is 6.54 Å². The van der Waals surface area contributed by atoms with Gasteiger partial charge in [0.05, 0.1) is 7.11 Å². The Kier molecular flexibility index (Phi) is 3.97. The van der Waals surface area contributed by atoms with Gasteiger partial charge in [0, 0.05) is 24.1 Å². The number of rotatable bonds is 5. The molecule has 1 saturated carbocycles. The molecule has 0 radical (unpaired) electrons. The number of ether oxygens (including phenoxy) is 1. The lowest BCUT2D eigenvalue weighted by atomic mass is 10.1. The van der Waals surface area contributed by atoms with E-state index in [9.17, 15) is 0 Å². The summed E-state index contributed by atoms with van der Waals surface area (Å²) in [6.07, 6.45) is 2.32. The molecule has 1 fully saturated rings. The Morgan fingerprint density at radius 3 is 2.81 bits per heavy atom. The Morgan fingerprint density at radius 2 is 2.10 bits per heavy atom. The van der Waals surface area contributed by atoms with Gasteiger partial charge in [-0.2, -0.15) is 0 Å². The van der Waals surface area contributed by atoms with Crippen molar-refractivity contribution in [3.8, 4) is 5.75 Å². The molecule has 1 aliphatic rings. The minimum atomic E-state index is 0.484. The first kappa shape index (κ1) is 14.1. The molecule has 110 valence electrons. The summed E-state index contributed by atoms with van der Waals surface area (Å²) in [6, 6.07) is 7.92. The van der Waals surface area contributed by atoms with Crippen LogP contribution in [-0.4, -0.2) is 17.1 Å². The van der Waals surface area contributed by atoms with Crippen molar-refractivity contribution < 1.29 is 4.74 Å². The van der Waals surface area contributed by atoms with Gasteiger partial charge in [0.2, 0.25) is 0 Å². The van der Waals surface area contributed by atoms with E-state index in [0.29, 0.717) is 17.6 Å². The molecule has 0 aliphatic heterocycles. The van der Waals surface area contributed by atoms with Gasteiger partial charge in [0.15, 0.2) is 0 Å². The lowest BCUT2D eigenvalue weighted by Gasteiger charge is -2.11. The molecular formula is C16H18ClN3O. The number of anilines is 1. The highest BCUT2D eigenvalue weighted by atomic mass is 35.5. The van der Waals surface area contributed by atoms with Gasteiger partial charge in [0.25, 0.3) is 0 Å². The second-order valence-corrected chi connectivity index (χ2v) is 5.76. The average Bonchev–Trinajstić information content (AvgIpc) is 3.30. The van der Waals surface area contributed by atoms with E-state index in [2.05, 4.69) is 27.4 Å². The summed E-state index contributed by atoms with van der Waals surface area (Å²) < 4.78 is 5.41. The number of aryl methyl sites for hydroxylation is 1. The molecule has 1 aromatic heterocycles. The Hall–Kier alpha value is -1.81. The number of benzene rings is 1. The van der Waals surface area contributed by atoms with Crippen molar-refractivity contribution in [2.45, 2.75) is 32.2 Å². The molecule has 1 N–H and O–H groups in total. The maximum atomic E-state index is 6.07. The number of halogens is 1. The highest BCUT2D eigenvalue weighted by molar-refractivity contribution is 6.29. The van der Waals surface area contributed by atoms with Gasteiger partial charge in [0.1, 0.15) is 22.5 Å². The van der Waals surface area contributed by atoms with E-state index in [1.807, 2.05) is 13.0 Å². The van der Waals surface area contributed by atoms with Crippen molar-refractivity contribution in [1.82, 2.24) is 9.97 Å². The first-order chi connectivity index (χ1) is 10.2. The average molecular weight is 304 g/mol. The molecule has 0 saturated heterocycles. The smallest absolute Gasteiger partial charge is 0.135 e. The molecule has 0 amide bonds. The van der Waals surface area contributed by atoms with Crippen LogP contribution < -0.4 is 10.1 Å². The SMILES string of the molecule is COc1cc(C)ccc1CNc1cc(Cl)nc(C2CC2)n1. The predicted molar refractivity (Wildman–Crippen MR) is 84.1 cm³/mol. The van der Waals surface area contributed by atoms with Gasteiger partial charge < -0.3 is 10.1 Å². The second kappa shape index (κ2) is 5.90. The summed E-state index contributed by atoms with van der Waals surface area (Å²) in [7, 11) is 1.69. The molecule has 3 rings (SSSR count). The zero-order valence-electron chi connectivity index (χ0n) is 12.2. The number of hydrogen-bond donors (Lipinski definition) is 1. The fourth-order valence-corrected chi connectivity index (χ4v) is 2.42. The van der Waals surface area contributed by atoms with Crippen LogP contribution in [0, 0.1) is 6.92 Å². The molecule has 0 bridgehead atoms. The van der Waals surface area contributed by atoms with Crippen molar-refractivity contribution in [2.24, 2.45) is 0 Å². The number of hydrogen-bond acceptors (Lipinski definition) is 4. The van der Waals surface area contributed by atoms with E-state index >= 15 is 0 Å². The highest BCUT2D eigenvalue weighted by Gasteiger charge is 2.27. The van der Waals surface area contributed by atoms with Gasteiger partial charge in [-0.1, -0.05) is 23.7 Å². The molecular weight excluding hydrogens is 286 g/mol. The third-order valence-electron chi connectivity index (χ3n) is 3.56. The van der Waals surface area contributed by atoms with Crippen LogP contribution in [0.15, 0.2) is 24.3 Å². The number of nitrogens with zero attached hydrogens (tertiary/aromatic N) is 2. The Balaban J connectivity index is 1.75. The Bertz CT molecular complexity index is 656. The van der Waals surface area contributed by atoms with Crippen LogP contribution in [0.4, 0.5) is 5.82 Å². The Labute approximate surface area is 129 Å². The lowest BCUT2D eigenvalue weighted by Crippen LogP contribution is -2.05. The van der Waals surface area contributed by atoms with Crippen LogP contribution in [0.1, 0.15) is 35.7 Å². The number of aromatic nitrogens is 2. The minimum Gasteiger partial charge on any atom is -0.496 e. The second-order valence-electron chi connectivity index (χ2n) is 5.38. The monoisotopic (exact) mass is 303 g/mol. The molecule has 2 aromatic rings. The largest absolute Gasteiger partial charge is 0.496 e. The van der Waals surface area contributed by atoms with Crippen molar-refractivity contribution in [1.29, 1.82) is 0 Å². The standard InChI is InChI=1S/C16H18ClN3O/c1-10-3-4-12(13(7-10)21-2)9-18-15-8-14(17)19-16(20-15)11-5-6-11/h3-4,7-8,11H,5-6,9H2,1-2H3,(H,18,19,20). The van der Waals surface area contributed by atoms with Gasteiger partial charge in [-0.05, 0) is 31.4 Å². The fraction of sp³-hybridized carbons (Fsp3) is 0.375. The predicted octanol–water partition coefficient (Wildman–Crippen LogP) is 3.94. The molecule has 0 unspecified atom stereocenters. The highest BCUT2D eigenvalue weighted by Crippen LogP contribution is 2.38. The topological polar surface area (TPSA) is 47.0 Å². The van der Waals surface area contributed by atoms with E-state index in [-0.39, 0.29) is 0 Å². The van der Waals surface area contributed by atoms with Crippen LogP contribution in [0.3, 0.4) is 0 Å². The summed E-state index contributed by atoms with van der Waals surface area (Å²) in [6.45, 7) is 2.69. The maximum Gasteiger partial charge on any atom is 0.135 e. The minimum absolute atomic E-state index is 0.484. The van der Waals surface area contributed by atoms with Gasteiger partial charge in [-0.25, -0.2) is 9.97 Å². The molecule has 1 aliphatic carbocycles. The van der Waals surface area contributed by atoms with E-state index in [1.165, 1.54) is 5.56 Å². The number of methoxy groups -OCH3 is 1. The molecule has 21 heavy (non-hydrogen) atoms. The van der Waals surface area contributed by atoms with Crippen LogP contribution in [0.2, 0.25) is 5.15 Å². The lowest BCUT2D eigenvalue weighted by molar-refractivity contribution is 0.410. The quantitative estimate of drug-likeness (QED) is 0.850. The molecule has 0 spiro atoms. The van der Waals surface area contributed by atoms with Gasteiger partial charge >= 0.3 is 0 Å². The van der Waals surface area contributed by atoms with Crippen LogP contribution in [0.25, 0.3) is 0 Å². The normalized spacial score (nSPS) is 14.0.